The monoisotopic (exact) mass is 476 g/mol. The van der Waals surface area contributed by atoms with Crippen LogP contribution < -0.4 is 10.2 Å². The molecule has 6 nitrogen and oxygen atoms in total. The van der Waals surface area contributed by atoms with Gasteiger partial charge in [-0.15, -0.1) is 0 Å². The van der Waals surface area contributed by atoms with Gasteiger partial charge in [0.25, 0.3) is 5.91 Å². The molecule has 0 saturated carbocycles. The zero-order valence-corrected chi connectivity index (χ0v) is 18.4. The number of fused-ring (bicyclic) bond motifs is 1. The molecule has 1 N–H and O–H groups in total. The number of nitrogens with zero attached hydrogens (tertiary/aromatic N) is 3. The van der Waals surface area contributed by atoms with Crippen molar-refractivity contribution < 1.29 is 22.8 Å². The number of nitrogens with one attached hydrogen (secondary N) is 1. The number of amides is 1. The number of rotatable bonds is 5. The van der Waals surface area contributed by atoms with Gasteiger partial charge in [0.15, 0.2) is 11.6 Å². The van der Waals surface area contributed by atoms with E-state index in [1.807, 2.05) is 0 Å². The Hall–Kier alpha value is -4.27. The van der Waals surface area contributed by atoms with E-state index in [0.29, 0.717) is 16.9 Å². The average Bonchev–Trinajstić information content (AvgIpc) is 3.40. The van der Waals surface area contributed by atoms with E-state index in [0.717, 1.165) is 50.2 Å². The Labute approximate surface area is 198 Å². The van der Waals surface area contributed by atoms with Crippen LogP contribution in [0.15, 0.2) is 60.8 Å². The third kappa shape index (κ3) is 4.44. The third-order valence-electron chi connectivity index (χ3n) is 5.89. The maximum absolute atomic E-state index is 15.2. The Balaban J connectivity index is 1.46. The molecule has 35 heavy (non-hydrogen) atoms. The van der Waals surface area contributed by atoms with E-state index in [1.54, 1.807) is 12.3 Å². The fourth-order valence-electron chi connectivity index (χ4n) is 4.04. The van der Waals surface area contributed by atoms with Crippen molar-refractivity contribution in [1.82, 2.24) is 9.97 Å². The summed E-state index contributed by atoms with van der Waals surface area (Å²) in [4.78, 5) is 36.6. The van der Waals surface area contributed by atoms with Crippen molar-refractivity contribution in [3.05, 3.63) is 94.9 Å². The average molecular weight is 476 g/mol. The Morgan fingerprint density at radius 2 is 1.57 bits per heavy atom. The van der Waals surface area contributed by atoms with Crippen LogP contribution in [-0.4, -0.2) is 34.7 Å². The van der Waals surface area contributed by atoms with Gasteiger partial charge in [-0.1, -0.05) is 0 Å². The molecule has 1 aromatic heterocycles. The number of hydrogen-bond donors (Lipinski definition) is 1. The molecule has 0 aliphatic carbocycles. The first-order chi connectivity index (χ1) is 16.9. The zero-order valence-electron chi connectivity index (χ0n) is 18.4. The summed E-state index contributed by atoms with van der Waals surface area (Å²) in [6, 6.07) is 11.0. The van der Waals surface area contributed by atoms with Gasteiger partial charge in [-0.25, -0.2) is 18.2 Å². The van der Waals surface area contributed by atoms with Crippen molar-refractivity contribution in [3.63, 3.8) is 0 Å². The Kier molecular flexibility index (Phi) is 5.90. The summed E-state index contributed by atoms with van der Waals surface area (Å²) in [5.41, 5.74) is -0.0893. The number of hydrogen-bond acceptors (Lipinski definition) is 5. The lowest BCUT2D eigenvalue weighted by molar-refractivity contribution is 0.101. The first-order valence-electron chi connectivity index (χ1n) is 11.0. The largest absolute Gasteiger partial charge is 0.355 e. The summed E-state index contributed by atoms with van der Waals surface area (Å²) in [5.74, 6) is -3.75. The Bertz CT molecular complexity index is 1450. The number of ketones is 1. The molecule has 1 fully saturated rings. The van der Waals surface area contributed by atoms with Crippen LogP contribution in [0.3, 0.4) is 0 Å². The SMILES string of the molecule is O=C(Nc1ccc(F)c(C(=O)c2ccc3ncc(N4CCCC4)nc3c2)c1F)c1ccc(F)cc1. The van der Waals surface area contributed by atoms with Crippen molar-refractivity contribution in [3.8, 4) is 0 Å². The van der Waals surface area contributed by atoms with E-state index in [9.17, 15) is 18.4 Å². The van der Waals surface area contributed by atoms with Crippen molar-refractivity contribution in [2.75, 3.05) is 23.3 Å². The number of halogens is 3. The first-order valence-corrected chi connectivity index (χ1v) is 11.0. The van der Waals surface area contributed by atoms with Gasteiger partial charge in [0, 0.05) is 24.2 Å². The van der Waals surface area contributed by atoms with Gasteiger partial charge in [-0.2, -0.15) is 0 Å². The predicted octanol–water partition coefficient (Wildman–Crippen LogP) is 5.13. The molecule has 1 saturated heterocycles. The predicted molar refractivity (Wildman–Crippen MR) is 125 cm³/mol. The summed E-state index contributed by atoms with van der Waals surface area (Å²) in [6.07, 6.45) is 3.79. The number of carbonyl (C=O) groups is 2. The van der Waals surface area contributed by atoms with E-state index in [4.69, 9.17) is 0 Å². The second-order valence-corrected chi connectivity index (χ2v) is 8.20. The first kappa shape index (κ1) is 22.5. The highest BCUT2D eigenvalue weighted by atomic mass is 19.1. The van der Waals surface area contributed by atoms with Gasteiger partial charge < -0.3 is 10.2 Å². The maximum Gasteiger partial charge on any atom is 0.255 e. The van der Waals surface area contributed by atoms with E-state index < -0.39 is 34.7 Å². The molecule has 5 rings (SSSR count). The summed E-state index contributed by atoms with van der Waals surface area (Å²) in [6.45, 7) is 1.73. The van der Waals surface area contributed by atoms with Gasteiger partial charge in [0.1, 0.15) is 17.5 Å². The van der Waals surface area contributed by atoms with Crippen LogP contribution in [0.2, 0.25) is 0 Å². The molecule has 3 aromatic carbocycles. The van der Waals surface area contributed by atoms with E-state index in [1.165, 1.54) is 24.3 Å². The molecule has 0 spiro atoms. The summed E-state index contributed by atoms with van der Waals surface area (Å²) in [7, 11) is 0. The van der Waals surface area contributed by atoms with Crippen molar-refractivity contribution >= 4 is 34.2 Å². The molecule has 1 aliphatic rings. The molecule has 1 aliphatic heterocycles. The molecule has 0 bridgehead atoms. The van der Waals surface area contributed by atoms with Gasteiger partial charge in [-0.3, -0.25) is 14.6 Å². The molecule has 0 atom stereocenters. The lowest BCUT2D eigenvalue weighted by Crippen LogP contribution is -2.19. The van der Waals surface area contributed by atoms with Crippen LogP contribution in [0.4, 0.5) is 24.7 Å². The lowest BCUT2D eigenvalue weighted by Gasteiger charge is -2.16. The zero-order chi connectivity index (χ0) is 24.5. The van der Waals surface area contributed by atoms with Crippen molar-refractivity contribution in [2.24, 2.45) is 0 Å². The van der Waals surface area contributed by atoms with E-state index in [2.05, 4.69) is 20.2 Å². The summed E-state index contributed by atoms with van der Waals surface area (Å²) >= 11 is 0. The fraction of sp³-hybridized carbons (Fsp3) is 0.154. The van der Waals surface area contributed by atoms with Crippen molar-refractivity contribution in [2.45, 2.75) is 12.8 Å². The molecule has 2 heterocycles. The summed E-state index contributed by atoms with van der Waals surface area (Å²) < 4.78 is 42.9. The molecule has 176 valence electrons. The molecular formula is C26H19F3N4O2. The number of carbonyl (C=O) groups excluding carboxylic acids is 2. The topological polar surface area (TPSA) is 75.2 Å². The fourth-order valence-corrected chi connectivity index (χ4v) is 4.04. The summed E-state index contributed by atoms with van der Waals surface area (Å²) in [5, 5.41) is 2.31. The molecule has 0 radical (unpaired) electrons. The molecule has 0 unspecified atom stereocenters. The van der Waals surface area contributed by atoms with Gasteiger partial charge in [0.05, 0.1) is 28.5 Å². The minimum absolute atomic E-state index is 0.0326. The van der Waals surface area contributed by atoms with Crippen LogP contribution in [0.25, 0.3) is 11.0 Å². The minimum Gasteiger partial charge on any atom is -0.355 e. The Morgan fingerprint density at radius 3 is 2.31 bits per heavy atom. The van der Waals surface area contributed by atoms with E-state index >= 15 is 4.39 Å². The highest BCUT2D eigenvalue weighted by Gasteiger charge is 2.24. The molecule has 1 amide bonds. The van der Waals surface area contributed by atoms with Crippen LogP contribution in [0.1, 0.15) is 39.1 Å². The lowest BCUT2D eigenvalue weighted by atomic mass is 10.0. The standard InChI is InChI=1S/C26H19F3N4O2/c27-17-6-3-15(4-7-17)26(35)32-20-10-8-18(28)23(24(20)29)25(34)16-5-9-19-21(13-16)31-22(14-30-19)33-11-1-2-12-33/h3-10,13-14H,1-2,11-12H2,(H,32,35). The molecular weight excluding hydrogens is 457 g/mol. The highest BCUT2D eigenvalue weighted by Crippen LogP contribution is 2.26. The third-order valence-corrected chi connectivity index (χ3v) is 5.89. The minimum atomic E-state index is -1.21. The maximum atomic E-state index is 15.2. The smallest absolute Gasteiger partial charge is 0.255 e. The quantitative estimate of drug-likeness (QED) is 0.404. The van der Waals surface area contributed by atoms with Gasteiger partial charge in [0.2, 0.25) is 0 Å². The second kappa shape index (κ2) is 9.17. The molecule has 9 heteroatoms. The number of benzene rings is 3. The van der Waals surface area contributed by atoms with Crippen LogP contribution in [-0.2, 0) is 0 Å². The normalized spacial score (nSPS) is 13.3. The van der Waals surface area contributed by atoms with Crippen LogP contribution in [0.5, 0.6) is 0 Å². The van der Waals surface area contributed by atoms with Gasteiger partial charge in [-0.05, 0) is 67.4 Å². The number of anilines is 2. The van der Waals surface area contributed by atoms with Crippen LogP contribution >= 0.6 is 0 Å². The molecule has 4 aromatic rings. The number of aromatic nitrogens is 2. The highest BCUT2D eigenvalue weighted by molar-refractivity contribution is 6.12. The van der Waals surface area contributed by atoms with Crippen molar-refractivity contribution in [1.29, 1.82) is 0 Å². The van der Waals surface area contributed by atoms with Crippen LogP contribution in [0, 0.1) is 17.5 Å². The Morgan fingerprint density at radius 1 is 0.857 bits per heavy atom. The van der Waals surface area contributed by atoms with E-state index in [-0.39, 0.29) is 16.8 Å². The second-order valence-electron chi connectivity index (χ2n) is 8.20. The van der Waals surface area contributed by atoms with Gasteiger partial charge >= 0.3 is 0 Å².